The number of hydrogen-bond donors (Lipinski definition) is 1. The highest BCUT2D eigenvalue weighted by molar-refractivity contribution is 5.91. The first-order valence-electron chi connectivity index (χ1n) is 6.00. The van der Waals surface area contributed by atoms with Crippen molar-refractivity contribution in [2.24, 2.45) is 4.99 Å². The zero-order chi connectivity index (χ0) is 15.2. The van der Waals surface area contributed by atoms with Crippen molar-refractivity contribution in [3.63, 3.8) is 0 Å². The van der Waals surface area contributed by atoms with Crippen LogP contribution in [0.15, 0.2) is 27.8 Å². The van der Waals surface area contributed by atoms with Gasteiger partial charge in [0.05, 0.1) is 14.2 Å². The van der Waals surface area contributed by atoms with Crippen molar-refractivity contribution in [3.05, 3.63) is 23.8 Å². The lowest BCUT2D eigenvalue weighted by molar-refractivity contribution is -0.114. The first-order chi connectivity index (χ1) is 10.1. The molecule has 1 amide bonds. The lowest BCUT2D eigenvalue weighted by atomic mass is 10.2. The van der Waals surface area contributed by atoms with E-state index < -0.39 is 0 Å². The summed E-state index contributed by atoms with van der Waals surface area (Å²) in [6.45, 7) is 1.36. The summed E-state index contributed by atoms with van der Waals surface area (Å²) in [5.74, 6) is 1.27. The second kappa shape index (κ2) is 6.51. The summed E-state index contributed by atoms with van der Waals surface area (Å²) in [6.07, 6.45) is 1.55. The van der Waals surface area contributed by atoms with Crippen LogP contribution in [0.25, 0.3) is 0 Å². The molecule has 110 valence electrons. The molecular formula is C13H14N4O4. The van der Waals surface area contributed by atoms with E-state index in [4.69, 9.17) is 9.47 Å². The molecule has 8 heteroatoms. The fraction of sp³-hybridized carbons (Fsp3) is 0.231. The summed E-state index contributed by atoms with van der Waals surface area (Å²) < 4.78 is 14.9. The van der Waals surface area contributed by atoms with Crippen LogP contribution < -0.4 is 14.8 Å². The van der Waals surface area contributed by atoms with E-state index >= 15 is 0 Å². The van der Waals surface area contributed by atoms with Gasteiger partial charge in [-0.15, -0.1) is 0 Å². The highest BCUT2D eigenvalue weighted by Gasteiger charge is 2.09. The summed E-state index contributed by atoms with van der Waals surface area (Å²) >= 11 is 0. The lowest BCUT2D eigenvalue weighted by Crippen LogP contribution is -2.06. The Hall–Kier alpha value is -2.90. The molecule has 1 heterocycles. The molecule has 0 saturated carbocycles. The SMILES string of the molecule is COc1ccc(C=Nc2nonc2NC(C)=O)cc1OC. The van der Waals surface area contributed by atoms with E-state index in [-0.39, 0.29) is 17.5 Å². The number of carbonyl (C=O) groups excluding carboxylic acids is 1. The van der Waals surface area contributed by atoms with Gasteiger partial charge in [-0.05, 0) is 34.1 Å². The molecule has 0 aliphatic carbocycles. The van der Waals surface area contributed by atoms with Gasteiger partial charge in [-0.2, -0.15) is 0 Å². The Morgan fingerprint density at radius 3 is 2.71 bits per heavy atom. The van der Waals surface area contributed by atoms with Gasteiger partial charge in [-0.3, -0.25) is 4.79 Å². The van der Waals surface area contributed by atoms with E-state index in [2.05, 4.69) is 25.3 Å². The van der Waals surface area contributed by atoms with Crippen molar-refractivity contribution in [1.82, 2.24) is 10.3 Å². The predicted molar refractivity (Wildman–Crippen MR) is 75.4 cm³/mol. The van der Waals surface area contributed by atoms with Gasteiger partial charge in [0.15, 0.2) is 11.5 Å². The van der Waals surface area contributed by atoms with Gasteiger partial charge in [0, 0.05) is 13.1 Å². The number of nitrogens with zero attached hydrogens (tertiary/aromatic N) is 3. The molecule has 2 aromatic rings. The van der Waals surface area contributed by atoms with Crippen molar-refractivity contribution >= 4 is 23.8 Å². The standard InChI is InChI=1S/C13H14N4O4/c1-8(18)15-13-12(16-21-17-13)14-7-9-4-5-10(19-2)11(6-9)20-3/h4-7H,1-3H3,(H,15,17,18). The van der Waals surface area contributed by atoms with E-state index in [1.165, 1.54) is 6.92 Å². The molecule has 0 atom stereocenters. The summed E-state index contributed by atoms with van der Waals surface area (Å²) in [5.41, 5.74) is 0.768. The molecule has 2 rings (SSSR count). The van der Waals surface area contributed by atoms with Gasteiger partial charge < -0.3 is 14.8 Å². The average Bonchev–Trinajstić information content (AvgIpc) is 2.91. The molecule has 0 unspecified atom stereocenters. The van der Waals surface area contributed by atoms with Gasteiger partial charge >= 0.3 is 0 Å². The number of hydrogen-bond acceptors (Lipinski definition) is 7. The molecule has 1 aromatic carbocycles. The Balaban J connectivity index is 2.21. The first kappa shape index (κ1) is 14.5. The second-order valence-electron chi connectivity index (χ2n) is 3.99. The molecular weight excluding hydrogens is 276 g/mol. The van der Waals surface area contributed by atoms with Crippen molar-refractivity contribution < 1.29 is 18.9 Å². The second-order valence-corrected chi connectivity index (χ2v) is 3.99. The number of ether oxygens (including phenoxy) is 2. The minimum Gasteiger partial charge on any atom is -0.493 e. The number of anilines is 1. The third kappa shape index (κ3) is 3.56. The number of nitrogens with one attached hydrogen (secondary N) is 1. The van der Waals surface area contributed by atoms with Crippen LogP contribution in [-0.4, -0.2) is 36.7 Å². The third-order valence-corrected chi connectivity index (χ3v) is 2.51. The maximum absolute atomic E-state index is 11.0. The molecule has 8 nitrogen and oxygen atoms in total. The number of methoxy groups -OCH3 is 2. The van der Waals surface area contributed by atoms with Crippen molar-refractivity contribution in [2.75, 3.05) is 19.5 Å². The highest BCUT2D eigenvalue weighted by atomic mass is 16.6. The number of aliphatic imine (C=N–C) groups is 1. The van der Waals surface area contributed by atoms with Gasteiger partial charge in [0.1, 0.15) is 0 Å². The van der Waals surface area contributed by atoms with E-state index in [9.17, 15) is 4.79 Å². The zero-order valence-corrected chi connectivity index (χ0v) is 11.8. The van der Waals surface area contributed by atoms with Crippen LogP contribution in [-0.2, 0) is 4.79 Å². The van der Waals surface area contributed by atoms with Gasteiger partial charge in [0.2, 0.25) is 17.5 Å². The van der Waals surface area contributed by atoms with Crippen LogP contribution >= 0.6 is 0 Å². The zero-order valence-electron chi connectivity index (χ0n) is 11.8. The number of amides is 1. The van der Waals surface area contributed by atoms with E-state index in [1.54, 1.807) is 38.6 Å². The van der Waals surface area contributed by atoms with Crippen LogP contribution in [0.3, 0.4) is 0 Å². The Morgan fingerprint density at radius 2 is 2.05 bits per heavy atom. The Kier molecular flexibility index (Phi) is 4.50. The molecule has 0 aliphatic rings. The molecule has 0 saturated heterocycles. The number of carbonyl (C=O) groups is 1. The number of rotatable bonds is 5. The number of aromatic nitrogens is 2. The quantitative estimate of drug-likeness (QED) is 0.843. The molecule has 0 spiro atoms. The minimum atomic E-state index is -0.284. The monoisotopic (exact) mass is 290 g/mol. The lowest BCUT2D eigenvalue weighted by Gasteiger charge is -2.07. The molecule has 21 heavy (non-hydrogen) atoms. The normalized spacial score (nSPS) is 10.6. The third-order valence-electron chi connectivity index (χ3n) is 2.51. The summed E-state index contributed by atoms with van der Waals surface area (Å²) in [4.78, 5) is 15.1. The maximum atomic E-state index is 11.0. The maximum Gasteiger partial charge on any atom is 0.241 e. The van der Waals surface area contributed by atoms with Crippen LogP contribution in [0.5, 0.6) is 11.5 Å². The molecule has 0 radical (unpaired) electrons. The van der Waals surface area contributed by atoms with Crippen molar-refractivity contribution in [2.45, 2.75) is 6.92 Å². The van der Waals surface area contributed by atoms with Crippen LogP contribution in [0.1, 0.15) is 12.5 Å². The predicted octanol–water partition coefficient (Wildman–Crippen LogP) is 1.80. The van der Waals surface area contributed by atoms with Crippen molar-refractivity contribution in [3.8, 4) is 11.5 Å². The summed E-state index contributed by atoms with van der Waals surface area (Å²) in [6, 6.07) is 5.32. The highest BCUT2D eigenvalue weighted by Crippen LogP contribution is 2.27. The molecule has 0 fully saturated rings. The summed E-state index contributed by atoms with van der Waals surface area (Å²) in [7, 11) is 3.11. The Labute approximate surface area is 120 Å². The smallest absolute Gasteiger partial charge is 0.241 e. The van der Waals surface area contributed by atoms with E-state index in [0.717, 1.165) is 5.56 Å². The van der Waals surface area contributed by atoms with Crippen molar-refractivity contribution in [1.29, 1.82) is 0 Å². The van der Waals surface area contributed by atoms with E-state index in [0.29, 0.717) is 11.5 Å². The van der Waals surface area contributed by atoms with Gasteiger partial charge in [-0.1, -0.05) is 0 Å². The van der Waals surface area contributed by atoms with Crippen LogP contribution in [0.4, 0.5) is 11.6 Å². The molecule has 0 aliphatic heterocycles. The topological polar surface area (TPSA) is 98.8 Å². The Morgan fingerprint density at radius 1 is 1.29 bits per heavy atom. The average molecular weight is 290 g/mol. The number of benzene rings is 1. The summed E-state index contributed by atoms with van der Waals surface area (Å²) in [5, 5.41) is 9.62. The molecule has 1 aromatic heterocycles. The van der Waals surface area contributed by atoms with Crippen LogP contribution in [0, 0.1) is 0 Å². The molecule has 0 bridgehead atoms. The van der Waals surface area contributed by atoms with Gasteiger partial charge in [-0.25, -0.2) is 9.62 Å². The first-order valence-corrected chi connectivity index (χ1v) is 6.00. The fourth-order valence-electron chi connectivity index (χ4n) is 1.58. The minimum absolute atomic E-state index is 0.166. The molecule has 1 N–H and O–H groups in total. The van der Waals surface area contributed by atoms with Crippen LogP contribution in [0.2, 0.25) is 0 Å². The van der Waals surface area contributed by atoms with Gasteiger partial charge in [0.25, 0.3) is 0 Å². The fourth-order valence-corrected chi connectivity index (χ4v) is 1.58. The Bertz CT molecular complexity index is 666. The largest absolute Gasteiger partial charge is 0.493 e. The van der Waals surface area contributed by atoms with E-state index in [1.807, 2.05) is 0 Å².